The highest BCUT2D eigenvalue weighted by Gasteiger charge is 2.19. The first-order chi connectivity index (χ1) is 25.7. The molecule has 3 aromatic heterocycles. The lowest BCUT2D eigenvalue weighted by molar-refractivity contribution is 0.979. The SMILES string of the molecule is CC.Cc1c(-c2cccc(-c3nc(-c4ccccc4)nc(-c4ccc(-c5ccccc5)cc4)n3)c2)nn2c(-c3ccccc3)cc3ccccc3c12. The van der Waals surface area contributed by atoms with Gasteiger partial charge in [0.25, 0.3) is 0 Å². The second kappa shape index (κ2) is 14.3. The van der Waals surface area contributed by atoms with Crippen molar-refractivity contribution in [3.8, 4) is 67.8 Å². The van der Waals surface area contributed by atoms with E-state index in [0.717, 1.165) is 55.8 Å². The summed E-state index contributed by atoms with van der Waals surface area (Å²) in [4.78, 5) is 15.0. The second-order valence-electron chi connectivity index (χ2n) is 12.4. The minimum atomic E-state index is 0.611. The van der Waals surface area contributed by atoms with Crippen molar-refractivity contribution in [3.05, 3.63) is 175 Å². The molecule has 0 saturated carbocycles. The molecule has 0 aliphatic carbocycles. The fourth-order valence-corrected chi connectivity index (χ4v) is 6.72. The summed E-state index contributed by atoms with van der Waals surface area (Å²) < 4.78 is 2.10. The molecule has 9 rings (SSSR count). The van der Waals surface area contributed by atoms with Crippen LogP contribution in [-0.2, 0) is 0 Å². The van der Waals surface area contributed by atoms with E-state index in [0.29, 0.717) is 17.5 Å². The Morgan fingerprint density at radius 3 is 1.52 bits per heavy atom. The van der Waals surface area contributed by atoms with E-state index in [1.54, 1.807) is 0 Å². The van der Waals surface area contributed by atoms with Crippen LogP contribution in [0.4, 0.5) is 0 Å². The van der Waals surface area contributed by atoms with Gasteiger partial charge in [0.05, 0.1) is 16.9 Å². The molecular formula is C47H37N5. The van der Waals surface area contributed by atoms with Crippen LogP contribution < -0.4 is 0 Å². The van der Waals surface area contributed by atoms with Crippen LogP contribution in [0.2, 0.25) is 0 Å². The molecule has 0 N–H and O–H groups in total. The van der Waals surface area contributed by atoms with Crippen molar-refractivity contribution in [2.24, 2.45) is 0 Å². The third-order valence-corrected chi connectivity index (χ3v) is 9.24. The molecule has 0 unspecified atom stereocenters. The molecular weight excluding hydrogens is 635 g/mol. The Balaban J connectivity index is 0.00000190. The summed E-state index contributed by atoms with van der Waals surface area (Å²) in [6, 6.07) is 58.5. The van der Waals surface area contributed by atoms with Gasteiger partial charge in [0.1, 0.15) is 0 Å². The Morgan fingerprint density at radius 2 is 0.865 bits per heavy atom. The van der Waals surface area contributed by atoms with Gasteiger partial charge in [-0.15, -0.1) is 0 Å². The zero-order valence-corrected chi connectivity index (χ0v) is 29.4. The van der Waals surface area contributed by atoms with Crippen LogP contribution in [0.15, 0.2) is 170 Å². The monoisotopic (exact) mass is 671 g/mol. The molecule has 0 aliphatic rings. The third kappa shape index (κ3) is 6.14. The Kier molecular flexibility index (Phi) is 8.90. The topological polar surface area (TPSA) is 56.0 Å². The normalized spacial score (nSPS) is 11.0. The highest BCUT2D eigenvalue weighted by atomic mass is 15.2. The van der Waals surface area contributed by atoms with Crippen molar-refractivity contribution in [1.82, 2.24) is 24.6 Å². The number of rotatable bonds is 6. The Bertz CT molecular complexity index is 2630. The number of aryl methyl sites for hydroxylation is 1. The van der Waals surface area contributed by atoms with E-state index < -0.39 is 0 Å². The number of benzene rings is 6. The van der Waals surface area contributed by atoms with Crippen molar-refractivity contribution >= 4 is 16.3 Å². The minimum Gasteiger partial charge on any atom is -0.232 e. The summed E-state index contributed by atoms with van der Waals surface area (Å²) in [5.74, 6) is 1.87. The molecule has 0 spiro atoms. The molecule has 0 bridgehead atoms. The summed E-state index contributed by atoms with van der Waals surface area (Å²) in [6.07, 6.45) is 0. The predicted octanol–water partition coefficient (Wildman–Crippen LogP) is 12.0. The molecule has 52 heavy (non-hydrogen) atoms. The van der Waals surface area contributed by atoms with Crippen LogP contribution in [0.5, 0.6) is 0 Å². The van der Waals surface area contributed by atoms with Gasteiger partial charge in [-0.2, -0.15) is 5.10 Å². The maximum absolute atomic E-state index is 5.27. The van der Waals surface area contributed by atoms with Gasteiger partial charge < -0.3 is 0 Å². The number of fused-ring (bicyclic) bond motifs is 3. The summed E-state index contributed by atoms with van der Waals surface area (Å²) in [6.45, 7) is 6.17. The molecule has 5 nitrogen and oxygen atoms in total. The van der Waals surface area contributed by atoms with Gasteiger partial charge >= 0.3 is 0 Å². The van der Waals surface area contributed by atoms with E-state index >= 15 is 0 Å². The van der Waals surface area contributed by atoms with Crippen molar-refractivity contribution in [2.45, 2.75) is 20.8 Å². The van der Waals surface area contributed by atoms with Crippen LogP contribution in [0.25, 0.3) is 84.1 Å². The van der Waals surface area contributed by atoms with Gasteiger partial charge in [-0.25, -0.2) is 19.5 Å². The van der Waals surface area contributed by atoms with Crippen LogP contribution >= 0.6 is 0 Å². The maximum Gasteiger partial charge on any atom is 0.164 e. The fraction of sp³-hybridized carbons (Fsp3) is 0.0638. The van der Waals surface area contributed by atoms with E-state index in [9.17, 15) is 0 Å². The van der Waals surface area contributed by atoms with Gasteiger partial charge in [0, 0.05) is 38.8 Å². The highest BCUT2D eigenvalue weighted by Crippen LogP contribution is 2.36. The van der Waals surface area contributed by atoms with E-state index in [2.05, 4.69) is 139 Å². The minimum absolute atomic E-state index is 0.611. The van der Waals surface area contributed by atoms with Crippen molar-refractivity contribution < 1.29 is 0 Å². The molecule has 250 valence electrons. The predicted molar refractivity (Wildman–Crippen MR) is 215 cm³/mol. The van der Waals surface area contributed by atoms with Crippen molar-refractivity contribution in [3.63, 3.8) is 0 Å². The average molecular weight is 672 g/mol. The van der Waals surface area contributed by atoms with Crippen LogP contribution in [0, 0.1) is 6.92 Å². The summed E-state index contributed by atoms with van der Waals surface area (Å²) >= 11 is 0. The lowest BCUT2D eigenvalue weighted by Gasteiger charge is -2.10. The molecule has 0 saturated heterocycles. The highest BCUT2D eigenvalue weighted by molar-refractivity contribution is 6.01. The quantitative estimate of drug-likeness (QED) is 0.177. The molecule has 0 radical (unpaired) electrons. The van der Waals surface area contributed by atoms with Crippen molar-refractivity contribution in [2.75, 3.05) is 0 Å². The van der Waals surface area contributed by atoms with E-state index in [-0.39, 0.29) is 0 Å². The standard InChI is InChI=1S/C45H31N5.C2H6/c1-30-41(49-50-40(33-16-7-3-8-17-33)29-36-20-11-12-23-39(36)42(30)50)37-21-13-22-38(28-37)45-47-43(34-18-9-4-10-19-34)46-44(48-45)35-26-24-32(25-27-35)31-14-5-2-6-15-31;1-2/h2-29H,1H3;1-2H3. The zero-order valence-electron chi connectivity index (χ0n) is 29.4. The largest absolute Gasteiger partial charge is 0.232 e. The summed E-state index contributed by atoms with van der Waals surface area (Å²) in [5, 5.41) is 7.63. The van der Waals surface area contributed by atoms with Crippen molar-refractivity contribution in [1.29, 1.82) is 0 Å². The maximum atomic E-state index is 5.27. The summed E-state index contributed by atoms with van der Waals surface area (Å²) in [7, 11) is 0. The molecule has 0 fully saturated rings. The molecule has 9 aromatic rings. The molecule has 6 aromatic carbocycles. The number of pyridine rings is 1. The van der Waals surface area contributed by atoms with Gasteiger partial charge in [-0.3, -0.25) is 0 Å². The number of hydrogen-bond donors (Lipinski definition) is 0. The van der Waals surface area contributed by atoms with Gasteiger partial charge in [0.2, 0.25) is 0 Å². The Hall–Kier alpha value is -6.72. The molecule has 5 heteroatoms. The Labute approximate surface area is 304 Å². The number of nitrogens with zero attached hydrogens (tertiary/aromatic N) is 5. The second-order valence-corrected chi connectivity index (χ2v) is 12.4. The fourth-order valence-electron chi connectivity index (χ4n) is 6.72. The van der Waals surface area contributed by atoms with Gasteiger partial charge in [-0.05, 0) is 35.6 Å². The molecule has 0 atom stereocenters. The first-order valence-corrected chi connectivity index (χ1v) is 17.7. The average Bonchev–Trinajstić information content (AvgIpc) is 3.59. The van der Waals surface area contributed by atoms with Crippen LogP contribution in [-0.4, -0.2) is 24.6 Å². The third-order valence-electron chi connectivity index (χ3n) is 9.24. The van der Waals surface area contributed by atoms with E-state index in [4.69, 9.17) is 20.1 Å². The first-order valence-electron chi connectivity index (χ1n) is 17.7. The summed E-state index contributed by atoms with van der Waals surface area (Å²) in [5.41, 5.74) is 11.4. The van der Waals surface area contributed by atoms with Gasteiger partial charge in [-0.1, -0.05) is 172 Å². The van der Waals surface area contributed by atoms with Crippen LogP contribution in [0.3, 0.4) is 0 Å². The number of aromatic nitrogens is 5. The lowest BCUT2D eigenvalue weighted by atomic mass is 10.0. The van der Waals surface area contributed by atoms with E-state index in [1.807, 2.05) is 56.3 Å². The van der Waals surface area contributed by atoms with Gasteiger partial charge in [0.15, 0.2) is 17.5 Å². The number of hydrogen-bond acceptors (Lipinski definition) is 4. The smallest absolute Gasteiger partial charge is 0.164 e. The Morgan fingerprint density at radius 1 is 0.404 bits per heavy atom. The van der Waals surface area contributed by atoms with Crippen LogP contribution in [0.1, 0.15) is 19.4 Å². The zero-order chi connectivity index (χ0) is 35.4. The molecule has 0 aliphatic heterocycles. The lowest BCUT2D eigenvalue weighted by Crippen LogP contribution is -2.00. The molecule has 0 amide bonds. The first kappa shape index (κ1) is 32.5. The molecule has 3 heterocycles. The van der Waals surface area contributed by atoms with E-state index in [1.165, 1.54) is 16.3 Å².